The minimum Gasteiger partial charge on any atom is -0.374 e. The number of aromatic nitrogens is 1. The van der Waals surface area contributed by atoms with Crippen molar-refractivity contribution in [1.82, 2.24) is 5.16 Å². The van der Waals surface area contributed by atoms with Crippen LogP contribution in [-0.2, 0) is 4.79 Å². The molecule has 0 unspecified atom stereocenters. The third-order valence-electron chi connectivity index (χ3n) is 2.50. The van der Waals surface area contributed by atoms with Crippen molar-refractivity contribution < 1.29 is 9.32 Å². The normalized spacial score (nSPS) is 11.9. The summed E-state index contributed by atoms with van der Waals surface area (Å²) in [4.78, 5) is 11.9. The fraction of sp³-hybridized carbons (Fsp3) is 0.231. The molecule has 6 heteroatoms. The number of carbonyl (C=O) groups excluding carboxylic acids is 1. The lowest BCUT2D eigenvalue weighted by Gasteiger charge is -2.14. The van der Waals surface area contributed by atoms with Gasteiger partial charge in [0, 0.05) is 16.2 Å². The highest BCUT2D eigenvalue weighted by atomic mass is 79.9. The number of halogens is 1. The van der Waals surface area contributed by atoms with Crippen LogP contribution in [0.4, 0.5) is 11.5 Å². The molecule has 2 N–H and O–H groups in total. The molecule has 5 nitrogen and oxygen atoms in total. The molecule has 0 aliphatic carbocycles. The zero-order chi connectivity index (χ0) is 13.8. The van der Waals surface area contributed by atoms with Gasteiger partial charge in [-0.1, -0.05) is 21.1 Å². The molecule has 0 fully saturated rings. The highest BCUT2D eigenvalue weighted by molar-refractivity contribution is 9.10. The van der Waals surface area contributed by atoms with E-state index >= 15 is 0 Å². The van der Waals surface area contributed by atoms with Gasteiger partial charge in [-0.3, -0.25) is 4.79 Å². The van der Waals surface area contributed by atoms with E-state index in [1.54, 1.807) is 19.9 Å². The van der Waals surface area contributed by atoms with Crippen molar-refractivity contribution in [3.63, 3.8) is 0 Å². The van der Waals surface area contributed by atoms with Gasteiger partial charge in [0.2, 0.25) is 5.91 Å². The van der Waals surface area contributed by atoms with E-state index in [0.29, 0.717) is 11.6 Å². The summed E-state index contributed by atoms with van der Waals surface area (Å²) in [5.74, 6) is 0.909. The first-order valence-electron chi connectivity index (χ1n) is 5.81. The number of rotatable bonds is 4. The van der Waals surface area contributed by atoms with Crippen molar-refractivity contribution in [2.24, 2.45) is 0 Å². The molecule has 0 saturated heterocycles. The summed E-state index contributed by atoms with van der Waals surface area (Å²) in [7, 11) is 0. The summed E-state index contributed by atoms with van der Waals surface area (Å²) in [5.41, 5.74) is 0.877. The van der Waals surface area contributed by atoms with E-state index in [9.17, 15) is 4.79 Å². The third-order valence-corrected chi connectivity index (χ3v) is 3.03. The highest BCUT2D eigenvalue weighted by Gasteiger charge is 2.14. The Labute approximate surface area is 119 Å². The van der Waals surface area contributed by atoms with Crippen molar-refractivity contribution in [1.29, 1.82) is 0 Å². The molecule has 1 atom stereocenters. The molecule has 1 aromatic heterocycles. The second-order valence-corrected chi connectivity index (χ2v) is 5.10. The number of anilines is 2. The molecule has 0 aliphatic rings. The van der Waals surface area contributed by atoms with Gasteiger partial charge in [-0.2, -0.15) is 0 Å². The van der Waals surface area contributed by atoms with E-state index in [-0.39, 0.29) is 11.9 Å². The monoisotopic (exact) mass is 323 g/mol. The largest absolute Gasteiger partial charge is 0.374 e. The summed E-state index contributed by atoms with van der Waals surface area (Å²) >= 11 is 3.36. The van der Waals surface area contributed by atoms with Gasteiger partial charge < -0.3 is 15.2 Å². The first-order valence-corrected chi connectivity index (χ1v) is 6.60. The van der Waals surface area contributed by atoms with Crippen LogP contribution in [0.2, 0.25) is 0 Å². The standard InChI is InChI=1S/C13H14BrN3O2/c1-8-7-12(17-19-8)16-13(18)9(2)15-11-5-3-10(14)4-6-11/h3-7,9,15H,1-2H3,(H,16,17,18)/t9-/m0/s1. The van der Waals surface area contributed by atoms with Gasteiger partial charge in [0.1, 0.15) is 11.8 Å². The Bertz CT molecular complexity index is 566. The lowest BCUT2D eigenvalue weighted by atomic mass is 10.2. The molecule has 0 spiro atoms. The molecule has 1 amide bonds. The first kappa shape index (κ1) is 13.6. The maximum absolute atomic E-state index is 11.9. The summed E-state index contributed by atoms with van der Waals surface area (Å²) in [6.07, 6.45) is 0. The molecular formula is C13H14BrN3O2. The van der Waals surface area contributed by atoms with E-state index in [0.717, 1.165) is 10.2 Å². The zero-order valence-electron chi connectivity index (χ0n) is 10.6. The van der Waals surface area contributed by atoms with E-state index in [1.807, 2.05) is 24.3 Å². The van der Waals surface area contributed by atoms with Gasteiger partial charge in [-0.25, -0.2) is 0 Å². The second-order valence-electron chi connectivity index (χ2n) is 4.18. The number of nitrogens with zero attached hydrogens (tertiary/aromatic N) is 1. The number of carbonyl (C=O) groups is 1. The first-order chi connectivity index (χ1) is 9.04. The Hall–Kier alpha value is -1.82. The number of hydrogen-bond donors (Lipinski definition) is 2. The molecule has 2 aromatic rings. The van der Waals surface area contributed by atoms with Crippen LogP contribution < -0.4 is 10.6 Å². The van der Waals surface area contributed by atoms with Gasteiger partial charge in [-0.15, -0.1) is 0 Å². The number of hydrogen-bond acceptors (Lipinski definition) is 4. The predicted octanol–water partition coefficient (Wildman–Crippen LogP) is 3.18. The van der Waals surface area contributed by atoms with E-state index in [2.05, 4.69) is 31.7 Å². The smallest absolute Gasteiger partial charge is 0.247 e. The van der Waals surface area contributed by atoms with Crippen LogP contribution >= 0.6 is 15.9 Å². The van der Waals surface area contributed by atoms with Crippen molar-refractivity contribution in [3.8, 4) is 0 Å². The Kier molecular flexibility index (Phi) is 4.21. The fourth-order valence-corrected chi connectivity index (χ4v) is 1.79. The third kappa shape index (κ3) is 3.82. The Balaban J connectivity index is 1.94. The Morgan fingerprint density at radius 2 is 2.05 bits per heavy atom. The number of benzene rings is 1. The molecule has 0 radical (unpaired) electrons. The van der Waals surface area contributed by atoms with E-state index in [4.69, 9.17) is 4.52 Å². The number of amides is 1. The van der Waals surface area contributed by atoms with Crippen LogP contribution in [0.3, 0.4) is 0 Å². The van der Waals surface area contributed by atoms with Crippen molar-refractivity contribution in [3.05, 3.63) is 40.6 Å². The van der Waals surface area contributed by atoms with Gasteiger partial charge in [0.05, 0.1) is 0 Å². The molecule has 0 aliphatic heterocycles. The quantitative estimate of drug-likeness (QED) is 0.906. The maximum Gasteiger partial charge on any atom is 0.247 e. The fourth-order valence-electron chi connectivity index (χ4n) is 1.52. The minimum absolute atomic E-state index is 0.170. The molecular weight excluding hydrogens is 310 g/mol. The summed E-state index contributed by atoms with van der Waals surface area (Å²) < 4.78 is 5.88. The van der Waals surface area contributed by atoms with Crippen LogP contribution in [0.15, 0.2) is 39.3 Å². The van der Waals surface area contributed by atoms with Crippen molar-refractivity contribution in [2.45, 2.75) is 19.9 Å². The van der Waals surface area contributed by atoms with Gasteiger partial charge in [0.25, 0.3) is 0 Å². The van der Waals surface area contributed by atoms with Gasteiger partial charge >= 0.3 is 0 Å². The topological polar surface area (TPSA) is 67.2 Å². The average Bonchev–Trinajstić information content (AvgIpc) is 2.77. The van der Waals surface area contributed by atoms with Crippen LogP contribution in [0.5, 0.6) is 0 Å². The summed E-state index contributed by atoms with van der Waals surface area (Å²) in [5, 5.41) is 9.50. The van der Waals surface area contributed by atoms with Gasteiger partial charge in [-0.05, 0) is 38.1 Å². The summed E-state index contributed by atoms with van der Waals surface area (Å²) in [6, 6.07) is 8.91. The van der Waals surface area contributed by atoms with E-state index in [1.165, 1.54) is 0 Å². The number of aryl methyl sites for hydroxylation is 1. The zero-order valence-corrected chi connectivity index (χ0v) is 12.2. The molecule has 0 bridgehead atoms. The van der Waals surface area contributed by atoms with Gasteiger partial charge in [0.15, 0.2) is 5.82 Å². The predicted molar refractivity (Wildman–Crippen MR) is 77.1 cm³/mol. The molecule has 1 heterocycles. The molecule has 1 aromatic carbocycles. The lowest BCUT2D eigenvalue weighted by molar-refractivity contribution is -0.116. The van der Waals surface area contributed by atoms with Crippen LogP contribution in [-0.4, -0.2) is 17.1 Å². The van der Waals surface area contributed by atoms with Crippen molar-refractivity contribution >= 4 is 33.3 Å². The SMILES string of the molecule is Cc1cc(NC(=O)[C@H](C)Nc2ccc(Br)cc2)no1. The van der Waals surface area contributed by atoms with Crippen molar-refractivity contribution in [2.75, 3.05) is 10.6 Å². The molecule has 0 saturated carbocycles. The maximum atomic E-state index is 11.9. The highest BCUT2D eigenvalue weighted by Crippen LogP contribution is 2.15. The second kappa shape index (κ2) is 5.88. The number of nitrogens with one attached hydrogen (secondary N) is 2. The molecule has 19 heavy (non-hydrogen) atoms. The summed E-state index contributed by atoms with van der Waals surface area (Å²) in [6.45, 7) is 3.55. The Morgan fingerprint density at radius 1 is 1.37 bits per heavy atom. The average molecular weight is 324 g/mol. The molecule has 2 rings (SSSR count). The van der Waals surface area contributed by atoms with Crippen LogP contribution in [0.25, 0.3) is 0 Å². The lowest BCUT2D eigenvalue weighted by Crippen LogP contribution is -2.31. The molecule has 100 valence electrons. The van der Waals surface area contributed by atoms with Crippen LogP contribution in [0, 0.1) is 6.92 Å². The van der Waals surface area contributed by atoms with Crippen LogP contribution in [0.1, 0.15) is 12.7 Å². The minimum atomic E-state index is -0.377. The Morgan fingerprint density at radius 3 is 2.63 bits per heavy atom. The van der Waals surface area contributed by atoms with E-state index < -0.39 is 0 Å².